The standard InChI is InChI=1S/C21H23BrN4O5/c1-13(2)20(24-19(27)12-31-16-6-4-5-14(3)9-16)21(28)25-23-11-15-7-8-17(22)18(10-15)26(29)30/h4-11,13,20H,12H2,1-3H3,(H,24,27)(H,25,28)/t20-/m1/s1. The van der Waals surface area contributed by atoms with Crippen LogP contribution in [0.1, 0.15) is 25.0 Å². The van der Waals surface area contributed by atoms with Crippen molar-refractivity contribution in [1.82, 2.24) is 10.7 Å². The molecule has 0 saturated carbocycles. The first-order chi connectivity index (χ1) is 14.7. The number of benzene rings is 2. The molecule has 9 nitrogen and oxygen atoms in total. The van der Waals surface area contributed by atoms with Gasteiger partial charge < -0.3 is 10.1 Å². The van der Waals surface area contributed by atoms with E-state index in [1.165, 1.54) is 18.3 Å². The van der Waals surface area contributed by atoms with Crippen LogP contribution in [-0.4, -0.2) is 35.6 Å². The highest BCUT2D eigenvalue weighted by Gasteiger charge is 2.24. The van der Waals surface area contributed by atoms with Gasteiger partial charge in [-0.3, -0.25) is 19.7 Å². The molecular formula is C21H23BrN4O5. The number of aryl methyl sites for hydroxylation is 1. The second kappa shape index (κ2) is 11.2. The number of carbonyl (C=O) groups is 2. The number of rotatable bonds is 9. The smallest absolute Gasteiger partial charge is 0.284 e. The summed E-state index contributed by atoms with van der Waals surface area (Å²) in [6, 6.07) is 10.9. The maximum Gasteiger partial charge on any atom is 0.284 e. The average Bonchev–Trinajstić information content (AvgIpc) is 2.71. The van der Waals surface area contributed by atoms with Crippen LogP contribution in [0.5, 0.6) is 5.75 Å². The maximum atomic E-state index is 12.5. The number of hydrazone groups is 1. The van der Waals surface area contributed by atoms with E-state index in [9.17, 15) is 19.7 Å². The molecular weight excluding hydrogens is 468 g/mol. The van der Waals surface area contributed by atoms with Crippen molar-refractivity contribution in [3.05, 3.63) is 68.2 Å². The molecule has 0 radical (unpaired) electrons. The van der Waals surface area contributed by atoms with Gasteiger partial charge in [-0.05, 0) is 52.5 Å². The topological polar surface area (TPSA) is 123 Å². The number of hydrogen-bond donors (Lipinski definition) is 2. The van der Waals surface area contributed by atoms with Gasteiger partial charge in [0.25, 0.3) is 17.5 Å². The summed E-state index contributed by atoms with van der Waals surface area (Å²) in [5, 5.41) is 17.5. The van der Waals surface area contributed by atoms with Crippen molar-refractivity contribution in [1.29, 1.82) is 0 Å². The molecule has 0 aliphatic heterocycles. The Morgan fingerprint density at radius 1 is 1.26 bits per heavy atom. The third-order valence-corrected chi connectivity index (χ3v) is 4.85. The van der Waals surface area contributed by atoms with Crippen LogP contribution in [0, 0.1) is 23.0 Å². The van der Waals surface area contributed by atoms with Gasteiger partial charge in [-0.15, -0.1) is 0 Å². The zero-order valence-corrected chi connectivity index (χ0v) is 18.9. The van der Waals surface area contributed by atoms with Crippen LogP contribution in [0.3, 0.4) is 0 Å². The van der Waals surface area contributed by atoms with Crippen LogP contribution >= 0.6 is 15.9 Å². The molecule has 1 atom stereocenters. The fraction of sp³-hybridized carbons (Fsp3) is 0.286. The van der Waals surface area contributed by atoms with Crippen LogP contribution in [0.2, 0.25) is 0 Å². The van der Waals surface area contributed by atoms with Crippen molar-refractivity contribution < 1.29 is 19.2 Å². The number of nitro groups is 1. The molecule has 0 bridgehead atoms. The summed E-state index contributed by atoms with van der Waals surface area (Å²) in [6.07, 6.45) is 1.29. The molecule has 0 saturated heterocycles. The third kappa shape index (κ3) is 7.49. The second-order valence-corrected chi connectivity index (χ2v) is 7.95. The lowest BCUT2D eigenvalue weighted by Crippen LogP contribution is -2.49. The molecule has 0 aliphatic carbocycles. The molecule has 2 aromatic carbocycles. The molecule has 2 N–H and O–H groups in total. The molecule has 0 heterocycles. The summed E-state index contributed by atoms with van der Waals surface area (Å²) in [6.45, 7) is 5.26. The van der Waals surface area contributed by atoms with E-state index in [4.69, 9.17) is 4.74 Å². The molecule has 0 aliphatic rings. The van der Waals surface area contributed by atoms with Crippen molar-refractivity contribution in [2.45, 2.75) is 26.8 Å². The zero-order chi connectivity index (χ0) is 23.0. The van der Waals surface area contributed by atoms with Crippen molar-refractivity contribution in [3.63, 3.8) is 0 Å². The highest BCUT2D eigenvalue weighted by atomic mass is 79.9. The summed E-state index contributed by atoms with van der Waals surface area (Å²) in [5.41, 5.74) is 3.68. The predicted molar refractivity (Wildman–Crippen MR) is 120 cm³/mol. The fourth-order valence-corrected chi connectivity index (χ4v) is 2.99. The fourth-order valence-electron chi connectivity index (χ4n) is 2.59. The van der Waals surface area contributed by atoms with Crippen molar-refractivity contribution in [2.24, 2.45) is 11.0 Å². The first-order valence-electron chi connectivity index (χ1n) is 9.43. The van der Waals surface area contributed by atoms with E-state index >= 15 is 0 Å². The van der Waals surface area contributed by atoms with Gasteiger partial charge in [0.15, 0.2) is 6.61 Å². The minimum absolute atomic E-state index is 0.115. The number of nitrogens with one attached hydrogen (secondary N) is 2. The van der Waals surface area contributed by atoms with Crippen LogP contribution in [0.4, 0.5) is 5.69 Å². The minimum Gasteiger partial charge on any atom is -0.484 e. The predicted octanol–water partition coefficient (Wildman–Crippen LogP) is 3.34. The summed E-state index contributed by atoms with van der Waals surface area (Å²) in [4.78, 5) is 35.2. The van der Waals surface area contributed by atoms with Crippen LogP contribution in [-0.2, 0) is 9.59 Å². The Balaban J connectivity index is 1.94. The Labute approximate surface area is 188 Å². The number of carbonyl (C=O) groups excluding carboxylic acids is 2. The van der Waals surface area contributed by atoms with Crippen LogP contribution < -0.4 is 15.5 Å². The molecule has 0 spiro atoms. The van der Waals surface area contributed by atoms with Crippen molar-refractivity contribution in [2.75, 3.05) is 6.61 Å². The summed E-state index contributed by atoms with van der Waals surface area (Å²) in [7, 11) is 0. The van der Waals surface area contributed by atoms with E-state index in [1.807, 2.05) is 19.1 Å². The van der Waals surface area contributed by atoms with Gasteiger partial charge in [0.1, 0.15) is 11.8 Å². The largest absolute Gasteiger partial charge is 0.484 e. The van der Waals surface area contributed by atoms with E-state index in [-0.39, 0.29) is 18.2 Å². The van der Waals surface area contributed by atoms with Crippen molar-refractivity contribution in [3.8, 4) is 5.75 Å². The van der Waals surface area contributed by atoms with Gasteiger partial charge >= 0.3 is 0 Å². The first kappa shape index (κ1) is 24.0. The van der Waals surface area contributed by atoms with Gasteiger partial charge in [0.05, 0.1) is 15.6 Å². The van der Waals surface area contributed by atoms with Gasteiger partial charge in [0.2, 0.25) is 0 Å². The molecule has 0 aromatic heterocycles. The Bertz CT molecular complexity index is 993. The zero-order valence-electron chi connectivity index (χ0n) is 17.3. The van der Waals surface area contributed by atoms with Gasteiger partial charge in [-0.2, -0.15) is 5.10 Å². The maximum absolute atomic E-state index is 12.5. The number of nitro benzene ring substituents is 1. The van der Waals surface area contributed by atoms with Crippen molar-refractivity contribution >= 4 is 39.6 Å². The summed E-state index contributed by atoms with van der Waals surface area (Å²) < 4.78 is 5.80. The SMILES string of the molecule is Cc1cccc(OCC(=O)N[C@@H](C(=O)NN=Cc2ccc(Br)c([N+](=O)[O-])c2)C(C)C)c1. The quantitative estimate of drug-likeness (QED) is 0.317. The molecule has 0 fully saturated rings. The van der Waals surface area contributed by atoms with Crippen LogP contribution in [0.15, 0.2) is 52.0 Å². The molecule has 2 rings (SSSR count). The van der Waals surface area contributed by atoms with E-state index in [2.05, 4.69) is 31.8 Å². The lowest BCUT2D eigenvalue weighted by atomic mass is 10.0. The van der Waals surface area contributed by atoms with E-state index in [1.54, 1.807) is 32.0 Å². The normalized spacial score (nSPS) is 11.9. The Kier molecular flexibility index (Phi) is 8.68. The summed E-state index contributed by atoms with van der Waals surface area (Å²) >= 11 is 3.10. The Morgan fingerprint density at radius 3 is 2.65 bits per heavy atom. The summed E-state index contributed by atoms with van der Waals surface area (Å²) in [5.74, 6) is -0.592. The average molecular weight is 491 g/mol. The molecule has 164 valence electrons. The van der Waals surface area contributed by atoms with Crippen LogP contribution in [0.25, 0.3) is 0 Å². The van der Waals surface area contributed by atoms with Gasteiger partial charge in [-0.1, -0.05) is 32.0 Å². The second-order valence-electron chi connectivity index (χ2n) is 7.10. The lowest BCUT2D eigenvalue weighted by molar-refractivity contribution is -0.385. The lowest BCUT2D eigenvalue weighted by Gasteiger charge is -2.20. The molecule has 2 amide bonds. The highest BCUT2D eigenvalue weighted by molar-refractivity contribution is 9.10. The molecule has 10 heteroatoms. The van der Waals surface area contributed by atoms with E-state index < -0.39 is 22.8 Å². The monoisotopic (exact) mass is 490 g/mol. The Morgan fingerprint density at radius 2 is 2.00 bits per heavy atom. The number of amides is 2. The number of ether oxygens (including phenoxy) is 1. The highest BCUT2D eigenvalue weighted by Crippen LogP contribution is 2.24. The van der Waals surface area contributed by atoms with Gasteiger partial charge in [0, 0.05) is 11.6 Å². The first-order valence-corrected chi connectivity index (χ1v) is 10.2. The number of halogens is 1. The minimum atomic E-state index is -0.829. The molecule has 0 unspecified atom stereocenters. The number of hydrogen-bond acceptors (Lipinski definition) is 6. The molecule has 31 heavy (non-hydrogen) atoms. The van der Waals surface area contributed by atoms with E-state index in [0.717, 1.165) is 5.56 Å². The third-order valence-electron chi connectivity index (χ3n) is 4.18. The Hall–Kier alpha value is -3.27. The van der Waals surface area contributed by atoms with E-state index in [0.29, 0.717) is 15.8 Å². The molecule has 2 aromatic rings. The van der Waals surface area contributed by atoms with Gasteiger partial charge in [-0.25, -0.2) is 5.43 Å². The number of nitrogens with zero attached hydrogens (tertiary/aromatic N) is 2.